The Morgan fingerprint density at radius 1 is 1.30 bits per heavy atom. The van der Waals surface area contributed by atoms with Crippen LogP contribution in [0.3, 0.4) is 0 Å². The molecule has 2 aromatic heterocycles. The fourth-order valence-corrected chi connectivity index (χ4v) is 4.53. The second kappa shape index (κ2) is 7.88. The van der Waals surface area contributed by atoms with Gasteiger partial charge in [0.15, 0.2) is 11.6 Å². The first-order valence-electron chi connectivity index (χ1n) is 8.94. The van der Waals surface area contributed by atoms with Gasteiger partial charge in [-0.15, -0.1) is 24.5 Å². The SMILES string of the molecule is O=C1CCC(C(=O)Cc2ncc(-c3ccc(OC(F)(F)F)cc3)s2)n2cc(Cl)cc21. The van der Waals surface area contributed by atoms with Gasteiger partial charge in [-0.25, -0.2) is 4.98 Å². The highest BCUT2D eigenvalue weighted by atomic mass is 35.5. The number of ether oxygens (including phenoxy) is 1. The molecule has 0 amide bonds. The molecule has 1 unspecified atom stereocenters. The third kappa shape index (κ3) is 4.41. The van der Waals surface area contributed by atoms with E-state index in [-0.39, 0.29) is 30.2 Å². The van der Waals surface area contributed by atoms with Crippen LogP contribution in [0.4, 0.5) is 13.2 Å². The molecule has 30 heavy (non-hydrogen) atoms. The van der Waals surface area contributed by atoms with Gasteiger partial charge in [-0.1, -0.05) is 11.6 Å². The lowest BCUT2D eigenvalue weighted by atomic mass is 9.97. The van der Waals surface area contributed by atoms with Crippen LogP contribution in [0.15, 0.2) is 42.7 Å². The third-order valence-corrected chi connectivity index (χ3v) is 5.96. The van der Waals surface area contributed by atoms with Crippen molar-refractivity contribution in [1.29, 1.82) is 0 Å². The molecular weight excluding hydrogens is 441 g/mol. The Hall–Kier alpha value is -2.65. The molecule has 0 spiro atoms. The number of hydrogen-bond acceptors (Lipinski definition) is 5. The van der Waals surface area contributed by atoms with Crippen molar-refractivity contribution in [3.05, 3.63) is 58.4 Å². The van der Waals surface area contributed by atoms with Crippen molar-refractivity contribution >= 4 is 34.5 Å². The number of fused-ring (bicyclic) bond motifs is 1. The minimum Gasteiger partial charge on any atom is -0.406 e. The Morgan fingerprint density at radius 2 is 2.03 bits per heavy atom. The maximum atomic E-state index is 12.8. The summed E-state index contributed by atoms with van der Waals surface area (Å²) in [6, 6.07) is 6.54. The molecule has 156 valence electrons. The smallest absolute Gasteiger partial charge is 0.406 e. The molecule has 4 rings (SSSR count). The number of nitrogens with zero attached hydrogens (tertiary/aromatic N) is 2. The van der Waals surface area contributed by atoms with Crippen molar-refractivity contribution in [2.45, 2.75) is 31.7 Å². The third-order valence-electron chi connectivity index (χ3n) is 4.70. The van der Waals surface area contributed by atoms with E-state index in [1.54, 1.807) is 23.0 Å². The molecule has 0 radical (unpaired) electrons. The predicted octanol–water partition coefficient (Wildman–Crippen LogP) is 5.49. The van der Waals surface area contributed by atoms with Crippen LogP contribution in [0.2, 0.25) is 5.02 Å². The van der Waals surface area contributed by atoms with E-state index in [0.29, 0.717) is 27.7 Å². The average molecular weight is 455 g/mol. The Labute approximate surface area is 178 Å². The summed E-state index contributed by atoms with van der Waals surface area (Å²) in [7, 11) is 0. The Bertz CT molecular complexity index is 1110. The number of halogens is 4. The van der Waals surface area contributed by atoms with Crippen molar-refractivity contribution in [2.24, 2.45) is 0 Å². The molecule has 10 heteroatoms. The van der Waals surface area contributed by atoms with E-state index < -0.39 is 12.4 Å². The molecule has 1 aliphatic heterocycles. The molecule has 5 nitrogen and oxygen atoms in total. The first-order chi connectivity index (χ1) is 14.2. The zero-order valence-electron chi connectivity index (χ0n) is 15.3. The van der Waals surface area contributed by atoms with Crippen LogP contribution in [0.25, 0.3) is 10.4 Å². The average Bonchev–Trinajstić information content (AvgIpc) is 3.28. The number of carbonyl (C=O) groups excluding carboxylic acids is 2. The number of hydrogen-bond donors (Lipinski definition) is 0. The maximum Gasteiger partial charge on any atom is 0.573 e. The second-order valence-corrected chi connectivity index (χ2v) is 8.31. The monoisotopic (exact) mass is 454 g/mol. The highest BCUT2D eigenvalue weighted by molar-refractivity contribution is 7.15. The first-order valence-corrected chi connectivity index (χ1v) is 10.1. The number of benzene rings is 1. The van der Waals surface area contributed by atoms with Crippen molar-refractivity contribution in [3.63, 3.8) is 0 Å². The van der Waals surface area contributed by atoms with Crippen LogP contribution in [0.5, 0.6) is 5.75 Å². The normalized spacial score (nSPS) is 16.4. The van der Waals surface area contributed by atoms with Gasteiger partial charge in [0.05, 0.1) is 28.1 Å². The lowest BCUT2D eigenvalue weighted by Crippen LogP contribution is -2.28. The van der Waals surface area contributed by atoms with Crippen LogP contribution < -0.4 is 4.74 Å². The maximum absolute atomic E-state index is 12.8. The summed E-state index contributed by atoms with van der Waals surface area (Å²) in [5.74, 6) is -0.425. The summed E-state index contributed by atoms with van der Waals surface area (Å²) in [5, 5.41) is 0.995. The summed E-state index contributed by atoms with van der Waals surface area (Å²) < 4.78 is 42.3. The largest absolute Gasteiger partial charge is 0.573 e. The number of aromatic nitrogens is 2. The van der Waals surface area contributed by atoms with Gasteiger partial charge in [-0.3, -0.25) is 9.59 Å². The van der Waals surface area contributed by atoms with Crippen LogP contribution in [-0.2, 0) is 11.2 Å². The van der Waals surface area contributed by atoms with Gasteiger partial charge >= 0.3 is 6.36 Å². The van der Waals surface area contributed by atoms with Crippen molar-refractivity contribution < 1.29 is 27.5 Å². The molecule has 0 aliphatic carbocycles. The summed E-state index contributed by atoms with van der Waals surface area (Å²) in [6.45, 7) is 0. The van der Waals surface area contributed by atoms with E-state index in [0.717, 1.165) is 4.88 Å². The number of ketones is 2. The van der Waals surface area contributed by atoms with E-state index in [2.05, 4.69) is 9.72 Å². The molecule has 0 fully saturated rings. The standard InChI is InChI=1S/C20H14ClF3N2O3S/c21-12-7-15-16(27)6-5-14(26(15)10-12)17(28)8-19-25-9-18(30-19)11-1-3-13(4-2-11)29-20(22,23)24/h1-4,7,9-10,14H,5-6,8H2. The zero-order chi connectivity index (χ0) is 21.5. The fraction of sp³-hybridized carbons (Fsp3) is 0.250. The van der Waals surface area contributed by atoms with Crippen LogP contribution in [-0.4, -0.2) is 27.5 Å². The van der Waals surface area contributed by atoms with E-state index >= 15 is 0 Å². The molecule has 0 saturated carbocycles. The van der Waals surface area contributed by atoms with E-state index in [9.17, 15) is 22.8 Å². The molecular formula is C20H14ClF3N2O3S. The molecule has 3 heterocycles. The number of rotatable bonds is 5. The van der Waals surface area contributed by atoms with E-state index in [4.69, 9.17) is 11.6 Å². The topological polar surface area (TPSA) is 61.2 Å². The van der Waals surface area contributed by atoms with E-state index in [1.165, 1.54) is 35.6 Å². The molecule has 3 aromatic rings. The van der Waals surface area contributed by atoms with Gasteiger partial charge < -0.3 is 9.30 Å². The Morgan fingerprint density at radius 3 is 2.73 bits per heavy atom. The molecule has 1 atom stereocenters. The van der Waals surface area contributed by atoms with Crippen LogP contribution in [0, 0.1) is 0 Å². The van der Waals surface area contributed by atoms with Gasteiger partial charge in [0.25, 0.3) is 0 Å². The number of thiazole rings is 1. The first kappa shape index (κ1) is 20.6. The second-order valence-electron chi connectivity index (χ2n) is 6.76. The number of Topliss-reactive ketones (excluding diaryl/α,β-unsaturated/α-hetero) is 2. The minimum absolute atomic E-state index is 0.0413. The van der Waals surface area contributed by atoms with Gasteiger partial charge in [-0.05, 0) is 42.3 Å². The van der Waals surface area contributed by atoms with Gasteiger partial charge in [0.1, 0.15) is 10.8 Å². The summed E-state index contributed by atoms with van der Waals surface area (Å²) in [6.07, 6.45) is -0.786. The van der Waals surface area contributed by atoms with Gasteiger partial charge in [-0.2, -0.15) is 0 Å². The van der Waals surface area contributed by atoms with Crippen LogP contribution >= 0.6 is 22.9 Å². The number of carbonyl (C=O) groups is 2. The van der Waals surface area contributed by atoms with Gasteiger partial charge in [0, 0.05) is 18.8 Å². The van der Waals surface area contributed by atoms with Gasteiger partial charge in [0.2, 0.25) is 0 Å². The molecule has 1 aromatic carbocycles. The lowest BCUT2D eigenvalue weighted by molar-refractivity contribution is -0.274. The molecule has 0 N–H and O–H groups in total. The summed E-state index contributed by atoms with van der Waals surface area (Å²) in [4.78, 5) is 29.8. The highest BCUT2D eigenvalue weighted by Gasteiger charge is 2.32. The molecule has 1 aliphatic rings. The number of alkyl halides is 3. The molecule has 0 saturated heterocycles. The lowest BCUT2D eigenvalue weighted by Gasteiger charge is -2.23. The fourth-order valence-electron chi connectivity index (χ4n) is 3.39. The van der Waals surface area contributed by atoms with Crippen molar-refractivity contribution in [3.8, 4) is 16.2 Å². The minimum atomic E-state index is -4.74. The Balaban J connectivity index is 1.47. The van der Waals surface area contributed by atoms with Crippen molar-refractivity contribution in [1.82, 2.24) is 9.55 Å². The zero-order valence-corrected chi connectivity index (χ0v) is 16.9. The highest BCUT2D eigenvalue weighted by Crippen LogP contribution is 2.33. The summed E-state index contributed by atoms with van der Waals surface area (Å²) in [5.41, 5.74) is 1.11. The predicted molar refractivity (Wildman–Crippen MR) is 105 cm³/mol. The van der Waals surface area contributed by atoms with Crippen LogP contribution in [0.1, 0.15) is 34.4 Å². The Kier molecular flexibility index (Phi) is 5.42. The summed E-state index contributed by atoms with van der Waals surface area (Å²) >= 11 is 7.29. The molecule has 0 bridgehead atoms. The van der Waals surface area contributed by atoms with Crippen molar-refractivity contribution in [2.75, 3.05) is 0 Å². The quantitative estimate of drug-likeness (QED) is 0.511. The van der Waals surface area contributed by atoms with E-state index in [1.807, 2.05) is 0 Å².